The van der Waals surface area contributed by atoms with Gasteiger partial charge in [-0.1, -0.05) is 171 Å². The van der Waals surface area contributed by atoms with E-state index >= 15 is 0 Å². The third-order valence-corrected chi connectivity index (χ3v) is 17.0. The summed E-state index contributed by atoms with van der Waals surface area (Å²) in [5.74, 6) is 3.63. The highest BCUT2D eigenvalue weighted by molar-refractivity contribution is 6.09. The first-order chi connectivity index (χ1) is 37.8. The van der Waals surface area contributed by atoms with Gasteiger partial charge in [-0.2, -0.15) is 0 Å². The average Bonchev–Trinajstić information content (AvgIpc) is 4.11. The van der Waals surface area contributed by atoms with Crippen LogP contribution < -0.4 is 14.5 Å². The third kappa shape index (κ3) is 9.64. The van der Waals surface area contributed by atoms with E-state index in [0.717, 1.165) is 76.4 Å². The summed E-state index contributed by atoms with van der Waals surface area (Å²) in [6.45, 7) is 36.0. The van der Waals surface area contributed by atoms with Gasteiger partial charge in [0.15, 0.2) is 0 Å². The molecular weight excluding hydrogens is 977 g/mol. The number of benzene rings is 7. The van der Waals surface area contributed by atoms with Crippen LogP contribution in [0.15, 0.2) is 152 Å². The summed E-state index contributed by atoms with van der Waals surface area (Å²) in [7, 11) is 0. The molecule has 10 aromatic rings. The van der Waals surface area contributed by atoms with E-state index in [1.807, 2.05) is 6.20 Å². The summed E-state index contributed by atoms with van der Waals surface area (Å²) in [6.07, 6.45) is 5.25. The molecule has 7 heteroatoms. The fraction of sp³-hybridized carbons (Fsp3) is 0.342. The van der Waals surface area contributed by atoms with E-state index in [-0.39, 0.29) is 27.1 Å². The first-order valence-electron chi connectivity index (χ1n) is 29.1. The van der Waals surface area contributed by atoms with Crippen molar-refractivity contribution >= 4 is 55.6 Å². The predicted octanol–water partition coefficient (Wildman–Crippen LogP) is 19.7. The zero-order chi connectivity index (χ0) is 56.4. The minimum absolute atomic E-state index is 0.0196. The normalized spacial score (nSPS) is 14.4. The minimum Gasteiger partial charge on any atom is -0.457 e. The first kappa shape index (κ1) is 53.0. The largest absolute Gasteiger partial charge is 0.457 e. The number of pyridine rings is 1. The van der Waals surface area contributed by atoms with Gasteiger partial charge in [-0.3, -0.25) is 4.57 Å². The number of aromatic nitrogens is 4. The fourth-order valence-corrected chi connectivity index (χ4v) is 12.1. The molecule has 0 fully saturated rings. The van der Waals surface area contributed by atoms with Crippen LogP contribution in [0.4, 0.5) is 22.7 Å². The summed E-state index contributed by atoms with van der Waals surface area (Å²) in [5.41, 5.74) is 19.9. The van der Waals surface area contributed by atoms with Crippen LogP contribution in [0.1, 0.15) is 150 Å². The maximum absolute atomic E-state index is 7.19. The van der Waals surface area contributed by atoms with Gasteiger partial charge in [-0.05, 0) is 146 Å². The van der Waals surface area contributed by atoms with Crippen molar-refractivity contribution in [2.45, 2.75) is 157 Å². The summed E-state index contributed by atoms with van der Waals surface area (Å²) in [4.78, 5) is 15.5. The number of hydrogen-bond acceptors (Lipinski definition) is 5. The number of fused-ring (bicyclic) bond motifs is 7. The van der Waals surface area contributed by atoms with Crippen molar-refractivity contribution in [1.29, 1.82) is 0 Å². The molecule has 0 N–H and O–H groups in total. The number of hydrogen-bond donors (Lipinski definition) is 0. The third-order valence-electron chi connectivity index (χ3n) is 17.0. The lowest BCUT2D eigenvalue weighted by Crippen LogP contribution is -2.26. The molecule has 408 valence electrons. The van der Waals surface area contributed by atoms with E-state index in [4.69, 9.17) is 14.7 Å². The molecule has 5 heterocycles. The van der Waals surface area contributed by atoms with Gasteiger partial charge in [0.2, 0.25) is 0 Å². The Morgan fingerprint density at radius 2 is 1.04 bits per heavy atom. The number of rotatable bonds is 7. The summed E-state index contributed by atoms with van der Waals surface area (Å²) < 4.78 is 12.0. The van der Waals surface area contributed by atoms with Crippen LogP contribution in [-0.2, 0) is 40.0 Å². The fourth-order valence-electron chi connectivity index (χ4n) is 12.1. The van der Waals surface area contributed by atoms with Crippen LogP contribution in [-0.4, -0.2) is 25.8 Å². The second-order valence-corrected chi connectivity index (χ2v) is 28.0. The summed E-state index contributed by atoms with van der Waals surface area (Å²) >= 11 is 0. The molecule has 0 saturated carbocycles. The molecule has 0 aliphatic carbocycles. The molecule has 7 aromatic carbocycles. The highest BCUT2D eigenvalue weighted by Crippen LogP contribution is 2.54. The molecule has 0 saturated heterocycles. The lowest BCUT2D eigenvalue weighted by molar-refractivity contribution is 0.479. The van der Waals surface area contributed by atoms with E-state index < -0.39 is 0 Å². The van der Waals surface area contributed by atoms with Crippen molar-refractivity contribution < 1.29 is 4.74 Å². The lowest BCUT2D eigenvalue weighted by atomic mass is 9.81. The number of anilines is 4. The van der Waals surface area contributed by atoms with Gasteiger partial charge in [0.05, 0.1) is 39.1 Å². The Bertz CT molecular complexity index is 3950. The monoisotopic (exact) mass is 1060 g/mol. The number of aryl methyl sites for hydroxylation is 2. The number of ether oxygens (including phenoxy) is 1. The Labute approximate surface area is 475 Å². The van der Waals surface area contributed by atoms with E-state index in [1.54, 1.807) is 0 Å². The molecule has 0 atom stereocenters. The van der Waals surface area contributed by atoms with E-state index in [0.29, 0.717) is 6.67 Å². The SMILES string of the molecule is CC(C)(C)c1ccc(-c2cc(C(C)(C)C)cc(-c3ccc(C(C)(C)C)cc3)c2N2CN(c3cc(Oc4ccc5c6ccccc6n(-c6cc(C(C)(C)C)ccn6)c5c4)cc(C(C)(C)C)c3)c3cc4nc5n(c4cc32)CCCC5)cc1. The highest BCUT2D eigenvalue weighted by Gasteiger charge is 2.36. The molecule has 0 spiro atoms. The van der Waals surface area contributed by atoms with Gasteiger partial charge in [-0.15, -0.1) is 0 Å². The molecule has 3 aromatic heterocycles. The molecule has 80 heavy (non-hydrogen) atoms. The van der Waals surface area contributed by atoms with Crippen molar-refractivity contribution in [3.05, 3.63) is 185 Å². The number of nitrogens with zero attached hydrogens (tertiary/aromatic N) is 6. The van der Waals surface area contributed by atoms with Crippen molar-refractivity contribution in [2.24, 2.45) is 0 Å². The number of imidazole rings is 1. The van der Waals surface area contributed by atoms with Gasteiger partial charge < -0.3 is 19.1 Å². The molecule has 0 amide bonds. The molecule has 0 radical (unpaired) electrons. The second kappa shape index (κ2) is 19.0. The topological polar surface area (TPSA) is 51.4 Å². The van der Waals surface area contributed by atoms with Gasteiger partial charge in [0.25, 0.3) is 0 Å². The average molecular weight is 1060 g/mol. The van der Waals surface area contributed by atoms with Gasteiger partial charge in [0, 0.05) is 58.9 Å². The second-order valence-electron chi connectivity index (χ2n) is 28.0. The molecule has 2 aliphatic rings. The van der Waals surface area contributed by atoms with Crippen LogP contribution in [0.3, 0.4) is 0 Å². The summed E-state index contributed by atoms with van der Waals surface area (Å²) in [5, 5.41) is 2.34. The van der Waals surface area contributed by atoms with Gasteiger partial charge in [-0.25, -0.2) is 9.97 Å². The van der Waals surface area contributed by atoms with Crippen LogP contribution in [0, 0.1) is 0 Å². The van der Waals surface area contributed by atoms with Gasteiger partial charge >= 0.3 is 0 Å². The van der Waals surface area contributed by atoms with Crippen LogP contribution >= 0.6 is 0 Å². The van der Waals surface area contributed by atoms with Crippen LogP contribution in [0.5, 0.6) is 11.5 Å². The van der Waals surface area contributed by atoms with Crippen molar-refractivity contribution in [3.8, 4) is 39.6 Å². The molecule has 2 aliphatic heterocycles. The number of para-hydroxylation sites is 1. The van der Waals surface area contributed by atoms with Gasteiger partial charge in [0.1, 0.15) is 29.8 Å². The van der Waals surface area contributed by atoms with Crippen LogP contribution in [0.25, 0.3) is 60.9 Å². The Morgan fingerprint density at radius 1 is 0.450 bits per heavy atom. The zero-order valence-corrected chi connectivity index (χ0v) is 50.1. The molecular formula is C73H80N6O. The summed E-state index contributed by atoms with van der Waals surface area (Å²) in [6, 6.07) is 55.0. The zero-order valence-electron chi connectivity index (χ0n) is 50.1. The smallest absolute Gasteiger partial charge is 0.137 e. The Kier molecular flexibility index (Phi) is 12.6. The molecule has 0 bridgehead atoms. The minimum atomic E-state index is -0.190. The Hall–Kier alpha value is -7.64. The quantitative estimate of drug-likeness (QED) is 0.159. The van der Waals surface area contributed by atoms with Crippen molar-refractivity contribution in [3.63, 3.8) is 0 Å². The Morgan fingerprint density at radius 3 is 1.66 bits per heavy atom. The lowest BCUT2D eigenvalue weighted by Gasteiger charge is -2.31. The Balaban J connectivity index is 1.06. The van der Waals surface area contributed by atoms with Crippen molar-refractivity contribution in [1.82, 2.24) is 19.1 Å². The van der Waals surface area contributed by atoms with Crippen molar-refractivity contribution in [2.75, 3.05) is 16.5 Å². The first-order valence-corrected chi connectivity index (χ1v) is 29.1. The van der Waals surface area contributed by atoms with E-state index in [2.05, 4.69) is 268 Å². The highest BCUT2D eigenvalue weighted by atomic mass is 16.5. The maximum atomic E-state index is 7.19. The van der Waals surface area contributed by atoms with E-state index in [9.17, 15) is 0 Å². The molecule has 0 unspecified atom stereocenters. The standard InChI is InChI=1S/C73H80N6O/c1-69(2,3)48-27-23-46(24-28-48)58-38-52(73(13,14)15)39-59(47-25-29-49(30-26-47)70(4,5)6)68(58)78-45-77(64-43-60-63(44-65(64)78)76-35-19-18-22-66(76)75-60)53-36-51(72(10,11)12)37-55(41-53)80-54-31-32-57-56-20-16-17-21-61(56)79(62(57)42-54)67-40-50(33-34-74-67)71(7,8)9/h16-17,20-21,23-34,36-44H,18-19,22,35,45H2,1-15H3. The van der Waals surface area contributed by atoms with Crippen LogP contribution in [0.2, 0.25) is 0 Å². The maximum Gasteiger partial charge on any atom is 0.137 e. The molecule has 12 rings (SSSR count). The predicted molar refractivity (Wildman–Crippen MR) is 338 cm³/mol. The molecule has 7 nitrogen and oxygen atoms in total. The van der Waals surface area contributed by atoms with E-state index in [1.165, 1.54) is 78.2 Å².